The highest BCUT2D eigenvalue weighted by atomic mass is 16.2. The van der Waals surface area contributed by atoms with Gasteiger partial charge in [-0.1, -0.05) is 96.8 Å². The summed E-state index contributed by atoms with van der Waals surface area (Å²) in [5, 5.41) is 11.8. The molecule has 0 aromatic carbocycles. The van der Waals surface area contributed by atoms with Crippen LogP contribution in [0.15, 0.2) is 18.3 Å². The minimum atomic E-state index is -0.00782. The van der Waals surface area contributed by atoms with E-state index in [1.54, 1.807) is 6.20 Å². The number of unbranched alkanes of at least 4 members (excludes halogenated alkanes) is 15. The Hall–Kier alpha value is -1.66. The molecule has 0 saturated carbocycles. The normalized spacial score (nSPS) is 14.3. The summed E-state index contributed by atoms with van der Waals surface area (Å²) in [7, 11) is 0. The predicted octanol–water partition coefficient (Wildman–Crippen LogP) is 6.19. The maximum absolute atomic E-state index is 12.4. The number of anilines is 1. The molecule has 0 aliphatic carbocycles. The number of carbonyl (C=O) groups is 1. The van der Waals surface area contributed by atoms with Crippen molar-refractivity contribution in [1.29, 1.82) is 0 Å². The van der Waals surface area contributed by atoms with E-state index in [-0.39, 0.29) is 5.91 Å². The Morgan fingerprint density at radius 3 is 1.72 bits per heavy atom. The lowest BCUT2D eigenvalue weighted by atomic mass is 10.0. The summed E-state index contributed by atoms with van der Waals surface area (Å²) < 4.78 is 0. The number of aromatic nitrogens is 1. The number of carbonyl (C=O) groups excluding carboxylic acids is 1. The van der Waals surface area contributed by atoms with Crippen molar-refractivity contribution in [3.05, 3.63) is 23.9 Å². The number of hydrogen-bond acceptors (Lipinski definition) is 5. The van der Waals surface area contributed by atoms with E-state index in [1.807, 2.05) is 12.1 Å². The second kappa shape index (κ2) is 20.4. The molecule has 36 heavy (non-hydrogen) atoms. The Labute approximate surface area is 221 Å². The summed E-state index contributed by atoms with van der Waals surface area (Å²) in [5.41, 5.74) is 0.656. The van der Waals surface area contributed by atoms with E-state index >= 15 is 0 Å². The Kier molecular flexibility index (Phi) is 17.3. The number of rotatable bonds is 21. The van der Waals surface area contributed by atoms with Crippen molar-refractivity contribution in [2.45, 2.75) is 110 Å². The first kappa shape index (κ1) is 30.6. The van der Waals surface area contributed by atoms with Crippen LogP contribution in [0, 0.1) is 0 Å². The van der Waals surface area contributed by atoms with E-state index in [1.165, 1.54) is 89.9 Å². The molecule has 2 heterocycles. The zero-order valence-electron chi connectivity index (χ0n) is 23.2. The summed E-state index contributed by atoms with van der Waals surface area (Å²) in [5.74, 6) is 0.968. The topological polar surface area (TPSA) is 68.7 Å². The lowest BCUT2D eigenvalue weighted by Gasteiger charge is -2.34. The van der Waals surface area contributed by atoms with Crippen molar-refractivity contribution in [2.75, 3.05) is 50.8 Å². The van der Waals surface area contributed by atoms with Crippen LogP contribution in [-0.4, -0.2) is 66.8 Å². The van der Waals surface area contributed by atoms with Crippen LogP contribution in [0.4, 0.5) is 5.82 Å². The highest BCUT2D eigenvalue weighted by Crippen LogP contribution is 2.15. The number of hydrogen-bond donors (Lipinski definition) is 2. The zero-order valence-corrected chi connectivity index (χ0v) is 23.2. The van der Waals surface area contributed by atoms with Crippen molar-refractivity contribution in [2.24, 2.45) is 0 Å². The molecule has 6 nitrogen and oxygen atoms in total. The van der Waals surface area contributed by atoms with Gasteiger partial charge in [-0.15, -0.1) is 0 Å². The molecule has 1 aliphatic rings. The van der Waals surface area contributed by atoms with Gasteiger partial charge in [-0.2, -0.15) is 0 Å². The highest BCUT2D eigenvalue weighted by Gasteiger charge is 2.17. The minimum absolute atomic E-state index is 0.00782. The minimum Gasteiger partial charge on any atom is -0.396 e. The van der Waals surface area contributed by atoms with E-state index in [4.69, 9.17) is 5.11 Å². The summed E-state index contributed by atoms with van der Waals surface area (Å²) >= 11 is 0. The van der Waals surface area contributed by atoms with E-state index in [0.717, 1.165) is 57.9 Å². The lowest BCUT2D eigenvalue weighted by molar-refractivity contribution is 0.0952. The first-order valence-electron chi connectivity index (χ1n) is 15.1. The van der Waals surface area contributed by atoms with Crippen LogP contribution in [-0.2, 0) is 0 Å². The van der Waals surface area contributed by atoms with Gasteiger partial charge in [0.05, 0.1) is 5.56 Å². The molecule has 1 aliphatic heterocycles. The SMILES string of the molecule is CCN1CCN(c2ccc(C(=O)NCCCCCCCCCCCCCCCCCCO)cn2)CC1. The van der Waals surface area contributed by atoms with E-state index in [0.29, 0.717) is 12.2 Å². The van der Waals surface area contributed by atoms with Gasteiger partial charge in [0.25, 0.3) is 5.91 Å². The van der Waals surface area contributed by atoms with Gasteiger partial charge in [0, 0.05) is 45.5 Å². The third-order valence-corrected chi connectivity index (χ3v) is 7.52. The van der Waals surface area contributed by atoms with Crippen LogP contribution in [0.2, 0.25) is 0 Å². The van der Waals surface area contributed by atoms with Gasteiger partial charge < -0.3 is 20.2 Å². The predicted molar refractivity (Wildman–Crippen MR) is 152 cm³/mol. The largest absolute Gasteiger partial charge is 0.396 e. The van der Waals surface area contributed by atoms with Gasteiger partial charge >= 0.3 is 0 Å². The summed E-state index contributed by atoms with van der Waals surface area (Å²) in [4.78, 5) is 21.7. The van der Waals surface area contributed by atoms with Gasteiger partial charge in [0.1, 0.15) is 5.82 Å². The molecule has 206 valence electrons. The second-order valence-electron chi connectivity index (χ2n) is 10.5. The number of piperazine rings is 1. The first-order valence-corrected chi connectivity index (χ1v) is 15.1. The number of nitrogens with zero attached hydrogens (tertiary/aromatic N) is 3. The van der Waals surface area contributed by atoms with Gasteiger partial charge in [0.2, 0.25) is 0 Å². The summed E-state index contributed by atoms with van der Waals surface area (Å²) in [6, 6.07) is 3.89. The summed E-state index contributed by atoms with van der Waals surface area (Å²) in [6.07, 6.45) is 22.4. The lowest BCUT2D eigenvalue weighted by Crippen LogP contribution is -2.46. The molecule has 0 spiro atoms. The quantitative estimate of drug-likeness (QED) is 0.196. The molecule has 0 bridgehead atoms. The molecule has 0 atom stereocenters. The Morgan fingerprint density at radius 2 is 1.28 bits per heavy atom. The molecule has 1 aromatic heterocycles. The first-order chi connectivity index (χ1) is 17.7. The smallest absolute Gasteiger partial charge is 0.252 e. The molecule has 1 saturated heterocycles. The number of aliphatic hydroxyl groups excluding tert-OH is 1. The third-order valence-electron chi connectivity index (χ3n) is 7.52. The van der Waals surface area contributed by atoms with Gasteiger partial charge in [0.15, 0.2) is 0 Å². The van der Waals surface area contributed by atoms with Crippen LogP contribution >= 0.6 is 0 Å². The van der Waals surface area contributed by atoms with Crippen LogP contribution in [0.3, 0.4) is 0 Å². The molecule has 6 heteroatoms. The van der Waals surface area contributed by atoms with Gasteiger partial charge in [-0.05, 0) is 31.5 Å². The number of pyridine rings is 1. The van der Waals surface area contributed by atoms with Crippen molar-refractivity contribution in [1.82, 2.24) is 15.2 Å². The van der Waals surface area contributed by atoms with Crippen molar-refractivity contribution < 1.29 is 9.90 Å². The number of aliphatic hydroxyl groups is 1. The van der Waals surface area contributed by atoms with Crippen molar-refractivity contribution in [3.63, 3.8) is 0 Å². The van der Waals surface area contributed by atoms with Gasteiger partial charge in [-0.25, -0.2) is 4.98 Å². The third kappa shape index (κ3) is 13.6. The molecule has 1 fully saturated rings. The number of amides is 1. The fourth-order valence-corrected chi connectivity index (χ4v) is 5.02. The fraction of sp³-hybridized carbons (Fsp3) is 0.800. The van der Waals surface area contributed by atoms with E-state index in [2.05, 4.69) is 27.0 Å². The molecule has 1 aromatic rings. The van der Waals surface area contributed by atoms with Crippen LogP contribution in [0.25, 0.3) is 0 Å². The molecular formula is C30H54N4O2. The molecule has 2 N–H and O–H groups in total. The van der Waals surface area contributed by atoms with Crippen LogP contribution in [0.1, 0.15) is 120 Å². The number of nitrogens with one attached hydrogen (secondary N) is 1. The average Bonchev–Trinajstić information content (AvgIpc) is 2.92. The van der Waals surface area contributed by atoms with Gasteiger partial charge in [-0.3, -0.25) is 4.79 Å². The maximum Gasteiger partial charge on any atom is 0.252 e. The monoisotopic (exact) mass is 502 g/mol. The summed E-state index contributed by atoms with van der Waals surface area (Å²) in [6.45, 7) is 8.57. The van der Waals surface area contributed by atoms with Crippen LogP contribution in [0.5, 0.6) is 0 Å². The standard InChI is InChI=1S/C30H54N4O2/c1-2-33-22-24-34(25-23-33)29-20-19-28(27-32-29)30(36)31-21-17-15-13-11-9-7-5-3-4-6-8-10-12-14-16-18-26-35/h19-20,27,35H,2-18,21-26H2,1H3,(H,31,36). The molecule has 1 amide bonds. The second-order valence-corrected chi connectivity index (χ2v) is 10.5. The Morgan fingerprint density at radius 1 is 0.778 bits per heavy atom. The molecular weight excluding hydrogens is 448 g/mol. The fourth-order valence-electron chi connectivity index (χ4n) is 5.02. The Balaban J connectivity index is 1.37. The maximum atomic E-state index is 12.4. The van der Waals surface area contributed by atoms with Crippen molar-refractivity contribution >= 4 is 11.7 Å². The molecule has 2 rings (SSSR count). The number of likely N-dealkylation sites (N-methyl/N-ethyl adjacent to an activating group) is 1. The molecule has 0 unspecified atom stereocenters. The Bertz CT molecular complexity index is 659. The highest BCUT2D eigenvalue weighted by molar-refractivity contribution is 5.94. The van der Waals surface area contributed by atoms with E-state index < -0.39 is 0 Å². The average molecular weight is 503 g/mol. The van der Waals surface area contributed by atoms with Crippen molar-refractivity contribution in [3.8, 4) is 0 Å². The molecule has 0 radical (unpaired) electrons. The zero-order chi connectivity index (χ0) is 25.7. The van der Waals surface area contributed by atoms with Crippen LogP contribution < -0.4 is 10.2 Å². The van der Waals surface area contributed by atoms with E-state index in [9.17, 15) is 4.79 Å².